The second-order valence-electron chi connectivity index (χ2n) is 18.7. The van der Waals surface area contributed by atoms with Gasteiger partial charge in [0.1, 0.15) is 35.3 Å². The molecule has 0 spiro atoms. The quantitative estimate of drug-likeness (QED) is 0.214. The van der Waals surface area contributed by atoms with Gasteiger partial charge in [-0.15, -0.1) is 0 Å². The Morgan fingerprint density at radius 3 is 2.44 bits per heavy atom. The molecule has 1 saturated heterocycles. The molecule has 0 radical (unpaired) electrons. The summed E-state index contributed by atoms with van der Waals surface area (Å²) in [4.78, 5) is 65.2. The number of fused-ring (bicyclic) bond motifs is 4. The Labute approximate surface area is 360 Å². The van der Waals surface area contributed by atoms with Crippen molar-refractivity contribution in [2.24, 2.45) is 29.6 Å². The first-order valence-electron chi connectivity index (χ1n) is 21.9. The highest BCUT2D eigenvalue weighted by molar-refractivity contribution is 7.91. The van der Waals surface area contributed by atoms with Crippen molar-refractivity contribution in [3.05, 3.63) is 66.5 Å². The number of allylic oxidation sites excluding steroid dienone is 1. The van der Waals surface area contributed by atoms with Gasteiger partial charge in [-0.05, 0) is 135 Å². The number of nitrogens with one attached hydrogen (secondary N) is 2. The summed E-state index contributed by atoms with van der Waals surface area (Å²) >= 11 is 0. The molecule has 4 amide bonds. The van der Waals surface area contributed by atoms with E-state index in [1.807, 2.05) is 31.2 Å². The van der Waals surface area contributed by atoms with Crippen LogP contribution in [0.4, 0.5) is 9.18 Å². The second-order valence-corrected chi connectivity index (χ2v) is 20.6. The molecule has 3 heterocycles. The zero-order valence-corrected chi connectivity index (χ0v) is 36.0. The zero-order chi connectivity index (χ0) is 43.7. The molecule has 2 aromatic carbocycles. The van der Waals surface area contributed by atoms with E-state index >= 15 is 4.79 Å². The number of ether oxygens (including phenoxy) is 2. The molecule has 2 unspecified atom stereocenters. The maximum Gasteiger partial charge on any atom is 0.408 e. The van der Waals surface area contributed by atoms with Crippen molar-refractivity contribution < 1.29 is 46.6 Å². The molecule has 6 aliphatic rings. The Morgan fingerprint density at radius 2 is 1.74 bits per heavy atom. The number of amides is 4. The van der Waals surface area contributed by atoms with Crippen LogP contribution in [0.15, 0.2) is 60.7 Å². The van der Waals surface area contributed by atoms with Crippen LogP contribution < -0.4 is 19.5 Å². The molecular formula is C46H54FN5O9S. The Hall–Kier alpha value is -5.25. The van der Waals surface area contributed by atoms with Crippen molar-refractivity contribution in [2.45, 2.75) is 113 Å². The number of aromatic nitrogens is 1. The summed E-state index contributed by atoms with van der Waals surface area (Å²) in [5.41, 5.74) is -0.460. The number of benzene rings is 2. The molecule has 14 nitrogen and oxygen atoms in total. The standard InChI is InChI=1S/C46H54FN5O9S/c1-25-6-4-5-7-31-23-46(31,44(55)50-62(58,59)36-13-14-36)49-41(53)39-22-35(24-51(39)43(54)40(26(2)16-25)52(45(56)57)33-18-28-17-29(28)19-33)61-42-37-15-12-34(60-3)20-30(37)21-38(48-42)27-8-10-32(47)11-9-27/h5,7-12,15,20-21,25-26,28-29,31,33,35-36,39-40H,4,6,13-14,16-19,22-24H2,1-3H3,(H,49,53)(H,50,55)(H,56,57)/b7-5-/t25-,26+,28-,29?,31+,33?,35+,39-,40-,46+/m0/s1. The lowest BCUT2D eigenvalue weighted by molar-refractivity contribution is -0.145. The number of rotatable bonds is 9. The van der Waals surface area contributed by atoms with Crippen LogP contribution in [0, 0.1) is 35.4 Å². The Balaban J connectivity index is 1.10. The van der Waals surface area contributed by atoms with Gasteiger partial charge in [0.15, 0.2) is 0 Å². The molecule has 4 saturated carbocycles. The van der Waals surface area contributed by atoms with Gasteiger partial charge >= 0.3 is 6.09 Å². The van der Waals surface area contributed by atoms with Gasteiger partial charge in [-0.2, -0.15) is 0 Å². The molecular weight excluding hydrogens is 818 g/mol. The van der Waals surface area contributed by atoms with Gasteiger partial charge in [-0.1, -0.05) is 26.0 Å². The molecule has 3 aromatic rings. The van der Waals surface area contributed by atoms with E-state index in [-0.39, 0.29) is 37.2 Å². The predicted molar refractivity (Wildman–Crippen MR) is 227 cm³/mol. The van der Waals surface area contributed by atoms with Crippen molar-refractivity contribution >= 4 is 44.6 Å². The zero-order valence-electron chi connectivity index (χ0n) is 35.2. The van der Waals surface area contributed by atoms with E-state index in [1.54, 1.807) is 31.4 Å². The number of nitrogens with zero attached hydrogens (tertiary/aromatic N) is 3. The second kappa shape index (κ2) is 16.1. The van der Waals surface area contributed by atoms with E-state index in [0.717, 1.165) is 12.8 Å². The average Bonchev–Trinajstić information content (AvgIpc) is 4.20. The highest BCUT2D eigenvalue weighted by atomic mass is 32.2. The molecule has 2 aliphatic heterocycles. The van der Waals surface area contributed by atoms with Crippen molar-refractivity contribution in [2.75, 3.05) is 13.7 Å². The van der Waals surface area contributed by atoms with Gasteiger partial charge in [-0.25, -0.2) is 22.6 Å². The molecule has 330 valence electrons. The van der Waals surface area contributed by atoms with Crippen LogP contribution in [-0.2, 0) is 24.4 Å². The molecule has 1 aromatic heterocycles. The SMILES string of the molecule is COc1ccc2c(O[C@@H]3C[C@H]4C(=O)N[C@]5(C(=O)NS(=O)(=O)C6CC6)C[C@H]5/C=C\CC[C@H](C)C[C@@H](C)[C@H](N(C(=O)O)C5CC6C[C@H]6C5)C(=O)N4C3)nc(-c3ccc(F)cc3)cc2c1. The number of halogens is 1. The number of hydrogen-bond acceptors (Lipinski definition) is 9. The molecule has 62 heavy (non-hydrogen) atoms. The van der Waals surface area contributed by atoms with E-state index in [2.05, 4.69) is 17.0 Å². The highest BCUT2D eigenvalue weighted by Gasteiger charge is 2.62. The molecule has 9 rings (SSSR count). The van der Waals surface area contributed by atoms with Crippen LogP contribution in [-0.4, -0.2) is 101 Å². The lowest BCUT2D eigenvalue weighted by Gasteiger charge is -2.40. The Morgan fingerprint density at radius 1 is 1.00 bits per heavy atom. The minimum absolute atomic E-state index is 0.0333. The van der Waals surface area contributed by atoms with Gasteiger partial charge < -0.3 is 24.8 Å². The molecule has 3 N–H and O–H groups in total. The molecule has 10 atom stereocenters. The van der Waals surface area contributed by atoms with Crippen molar-refractivity contribution in [1.82, 2.24) is 24.8 Å². The third-order valence-electron chi connectivity index (χ3n) is 14.1. The number of sulfonamides is 1. The molecule has 0 bridgehead atoms. The largest absolute Gasteiger partial charge is 0.497 e. The minimum Gasteiger partial charge on any atom is -0.497 e. The molecule has 16 heteroatoms. The lowest BCUT2D eigenvalue weighted by Crippen LogP contribution is -2.61. The monoisotopic (exact) mass is 871 g/mol. The Kier molecular flexibility index (Phi) is 11.0. The van der Waals surface area contributed by atoms with Crippen LogP contribution in [0.5, 0.6) is 11.6 Å². The van der Waals surface area contributed by atoms with E-state index in [0.29, 0.717) is 78.1 Å². The fourth-order valence-electron chi connectivity index (χ4n) is 10.4. The van der Waals surface area contributed by atoms with Gasteiger partial charge in [-0.3, -0.25) is 24.0 Å². The van der Waals surface area contributed by atoms with Crippen LogP contribution in [0.3, 0.4) is 0 Å². The van der Waals surface area contributed by atoms with E-state index < -0.39 is 80.5 Å². The smallest absolute Gasteiger partial charge is 0.408 e. The predicted octanol–water partition coefficient (Wildman–Crippen LogP) is 6.04. The summed E-state index contributed by atoms with van der Waals surface area (Å²) in [5, 5.41) is 14.5. The summed E-state index contributed by atoms with van der Waals surface area (Å²) in [6, 6.07) is 10.4. The Bertz CT molecular complexity index is 2420. The maximum absolute atomic E-state index is 15.4. The van der Waals surface area contributed by atoms with Crippen LogP contribution in [0.2, 0.25) is 0 Å². The number of hydrogen-bond donors (Lipinski definition) is 3. The number of pyridine rings is 1. The molecule has 4 aliphatic carbocycles. The van der Waals surface area contributed by atoms with E-state index in [4.69, 9.17) is 14.5 Å². The summed E-state index contributed by atoms with van der Waals surface area (Å²) in [6.45, 7) is 3.90. The highest BCUT2D eigenvalue weighted by Crippen LogP contribution is 2.54. The van der Waals surface area contributed by atoms with E-state index in [1.165, 1.54) is 21.9 Å². The fraction of sp³-hybridized carbons (Fsp3) is 0.543. The first-order valence-corrected chi connectivity index (χ1v) is 23.5. The summed E-state index contributed by atoms with van der Waals surface area (Å²) < 4.78 is 54.5. The summed E-state index contributed by atoms with van der Waals surface area (Å²) in [6.07, 6.45) is 7.22. The van der Waals surface area contributed by atoms with Crippen molar-refractivity contribution in [3.63, 3.8) is 0 Å². The summed E-state index contributed by atoms with van der Waals surface area (Å²) in [7, 11) is -2.40. The van der Waals surface area contributed by atoms with Gasteiger partial charge in [0.25, 0.3) is 5.91 Å². The van der Waals surface area contributed by atoms with Crippen LogP contribution in [0.25, 0.3) is 22.0 Å². The van der Waals surface area contributed by atoms with Gasteiger partial charge in [0, 0.05) is 29.3 Å². The summed E-state index contributed by atoms with van der Waals surface area (Å²) in [5.74, 6) is -1.53. The topological polar surface area (TPSA) is 185 Å². The number of carbonyl (C=O) groups excluding carboxylic acids is 3. The van der Waals surface area contributed by atoms with Crippen LogP contribution >= 0.6 is 0 Å². The first kappa shape index (κ1) is 42.1. The third kappa shape index (κ3) is 8.22. The minimum atomic E-state index is -3.95. The number of carboxylic acid groups (broad SMARTS) is 1. The third-order valence-corrected chi connectivity index (χ3v) is 15.9. The van der Waals surface area contributed by atoms with Gasteiger partial charge in [0.05, 0.1) is 24.6 Å². The van der Waals surface area contributed by atoms with Gasteiger partial charge in [0.2, 0.25) is 27.7 Å². The van der Waals surface area contributed by atoms with E-state index in [9.17, 15) is 32.3 Å². The lowest BCUT2D eigenvalue weighted by atomic mass is 9.86. The van der Waals surface area contributed by atoms with Crippen LogP contribution in [0.1, 0.15) is 78.1 Å². The molecule has 5 fully saturated rings. The maximum atomic E-state index is 15.4. The van der Waals surface area contributed by atoms with Crippen molar-refractivity contribution in [1.29, 1.82) is 0 Å². The normalized spacial score (nSPS) is 32.6. The number of carbonyl (C=O) groups is 4. The average molecular weight is 872 g/mol. The first-order chi connectivity index (χ1) is 29.6. The van der Waals surface area contributed by atoms with Crippen molar-refractivity contribution in [3.8, 4) is 22.9 Å². The number of methoxy groups -OCH3 is 1. The fourth-order valence-corrected chi connectivity index (χ4v) is 11.8.